The number of benzene rings is 1. The van der Waals surface area contributed by atoms with Gasteiger partial charge in [-0.3, -0.25) is 5.10 Å². The highest BCUT2D eigenvalue weighted by atomic mass is 19.1. The molecule has 3 heteroatoms. The lowest BCUT2D eigenvalue weighted by Crippen LogP contribution is -2.14. The lowest BCUT2D eigenvalue weighted by Gasteiger charge is -2.28. The van der Waals surface area contributed by atoms with Crippen LogP contribution in [-0.4, -0.2) is 10.2 Å². The van der Waals surface area contributed by atoms with Gasteiger partial charge in [-0.1, -0.05) is 19.9 Å². The van der Waals surface area contributed by atoms with E-state index in [-0.39, 0.29) is 5.82 Å². The molecule has 0 fully saturated rings. The first-order valence-corrected chi connectivity index (χ1v) is 6.37. The van der Waals surface area contributed by atoms with Crippen LogP contribution in [0.1, 0.15) is 38.7 Å². The Kier molecular flexibility index (Phi) is 2.51. The van der Waals surface area contributed by atoms with Crippen LogP contribution < -0.4 is 0 Å². The van der Waals surface area contributed by atoms with Crippen molar-refractivity contribution in [1.82, 2.24) is 10.2 Å². The van der Waals surface area contributed by atoms with E-state index in [0.717, 1.165) is 41.3 Å². The molecule has 0 aliphatic heterocycles. The average molecular weight is 244 g/mol. The number of rotatable bonds is 1. The van der Waals surface area contributed by atoms with Crippen molar-refractivity contribution >= 4 is 16.5 Å². The van der Waals surface area contributed by atoms with Crippen LogP contribution >= 0.6 is 0 Å². The van der Waals surface area contributed by atoms with E-state index < -0.39 is 0 Å². The topological polar surface area (TPSA) is 28.7 Å². The van der Waals surface area contributed by atoms with Crippen LogP contribution in [-0.2, 0) is 0 Å². The van der Waals surface area contributed by atoms with E-state index in [1.165, 1.54) is 6.07 Å². The van der Waals surface area contributed by atoms with Gasteiger partial charge in [0.2, 0.25) is 0 Å². The minimum absolute atomic E-state index is 0.155. The Hall–Kier alpha value is -1.64. The maximum atomic E-state index is 14.1. The standard InChI is InChI=1S/C15H17FN2/c1-15(2)5-3-10(4-6-15)12-7-11-9-17-18-14(11)8-13(12)16/h3,7-9H,4-6H2,1-2H3,(H,17,18). The van der Waals surface area contributed by atoms with Crippen LogP contribution in [0.15, 0.2) is 24.4 Å². The summed E-state index contributed by atoms with van der Waals surface area (Å²) in [5.74, 6) is -0.155. The SMILES string of the molecule is CC1(C)CC=C(c2cc3cn[nH]c3cc2F)CC1. The smallest absolute Gasteiger partial charge is 0.132 e. The van der Waals surface area contributed by atoms with Crippen molar-refractivity contribution in [3.8, 4) is 0 Å². The number of fused-ring (bicyclic) bond motifs is 1. The van der Waals surface area contributed by atoms with Crippen LogP contribution in [0.25, 0.3) is 16.5 Å². The monoisotopic (exact) mass is 244 g/mol. The van der Waals surface area contributed by atoms with Gasteiger partial charge >= 0.3 is 0 Å². The third kappa shape index (κ3) is 1.94. The summed E-state index contributed by atoms with van der Waals surface area (Å²) in [4.78, 5) is 0. The Bertz CT molecular complexity index is 622. The first-order valence-electron chi connectivity index (χ1n) is 6.37. The average Bonchev–Trinajstić information content (AvgIpc) is 2.75. The van der Waals surface area contributed by atoms with E-state index in [2.05, 4.69) is 30.1 Å². The highest BCUT2D eigenvalue weighted by molar-refractivity contribution is 5.83. The van der Waals surface area contributed by atoms with Gasteiger partial charge in [-0.15, -0.1) is 0 Å². The van der Waals surface area contributed by atoms with Gasteiger partial charge in [-0.05, 0) is 36.3 Å². The summed E-state index contributed by atoms with van der Waals surface area (Å²) in [6.07, 6.45) is 7.01. The van der Waals surface area contributed by atoms with Crippen molar-refractivity contribution < 1.29 is 4.39 Å². The van der Waals surface area contributed by atoms with Gasteiger partial charge < -0.3 is 0 Å². The van der Waals surface area contributed by atoms with E-state index in [0.29, 0.717) is 5.41 Å². The molecule has 1 heterocycles. The Morgan fingerprint density at radius 2 is 2.17 bits per heavy atom. The number of hydrogen-bond acceptors (Lipinski definition) is 1. The molecule has 2 aromatic rings. The number of nitrogens with zero attached hydrogens (tertiary/aromatic N) is 1. The molecule has 94 valence electrons. The Balaban J connectivity index is 2.04. The van der Waals surface area contributed by atoms with E-state index >= 15 is 0 Å². The highest BCUT2D eigenvalue weighted by Gasteiger charge is 2.23. The molecule has 0 bridgehead atoms. The van der Waals surface area contributed by atoms with Gasteiger partial charge in [0, 0.05) is 17.0 Å². The number of halogens is 1. The fourth-order valence-electron chi connectivity index (χ4n) is 2.53. The van der Waals surface area contributed by atoms with Crippen LogP contribution in [0.3, 0.4) is 0 Å². The van der Waals surface area contributed by atoms with Crippen LogP contribution in [0, 0.1) is 11.2 Å². The zero-order valence-electron chi connectivity index (χ0n) is 10.8. The van der Waals surface area contributed by atoms with E-state index in [4.69, 9.17) is 0 Å². The number of aromatic nitrogens is 2. The lowest BCUT2D eigenvalue weighted by molar-refractivity contribution is 0.334. The quantitative estimate of drug-likeness (QED) is 0.796. The van der Waals surface area contributed by atoms with Gasteiger partial charge in [0.05, 0.1) is 11.7 Å². The second kappa shape index (κ2) is 3.94. The van der Waals surface area contributed by atoms with Gasteiger partial charge in [-0.25, -0.2) is 4.39 Å². The molecule has 2 nitrogen and oxygen atoms in total. The normalized spacial score (nSPS) is 18.9. The molecule has 0 saturated heterocycles. The number of nitrogens with one attached hydrogen (secondary N) is 1. The molecule has 3 rings (SSSR count). The van der Waals surface area contributed by atoms with Gasteiger partial charge in [-0.2, -0.15) is 5.10 Å². The second-order valence-corrected chi connectivity index (χ2v) is 5.89. The molecule has 0 saturated carbocycles. The maximum absolute atomic E-state index is 14.1. The van der Waals surface area contributed by atoms with Crippen molar-refractivity contribution in [3.63, 3.8) is 0 Å². The second-order valence-electron chi connectivity index (χ2n) is 5.89. The summed E-state index contributed by atoms with van der Waals surface area (Å²) >= 11 is 0. The summed E-state index contributed by atoms with van der Waals surface area (Å²) in [6.45, 7) is 4.52. The number of hydrogen-bond donors (Lipinski definition) is 1. The largest absolute Gasteiger partial charge is 0.278 e. The maximum Gasteiger partial charge on any atom is 0.132 e. The van der Waals surface area contributed by atoms with Gasteiger partial charge in [0.1, 0.15) is 5.82 Å². The molecule has 1 aromatic carbocycles. The first kappa shape index (κ1) is 11.5. The van der Waals surface area contributed by atoms with Crippen LogP contribution in [0.5, 0.6) is 0 Å². The summed E-state index contributed by atoms with van der Waals surface area (Å²) in [5, 5.41) is 7.70. The van der Waals surface area contributed by atoms with Crippen molar-refractivity contribution in [2.24, 2.45) is 5.41 Å². The summed E-state index contributed by atoms with van der Waals surface area (Å²) in [7, 11) is 0. The predicted octanol–water partition coefficient (Wildman–Crippen LogP) is 4.30. The zero-order chi connectivity index (χ0) is 12.8. The summed E-state index contributed by atoms with van der Waals surface area (Å²) in [6, 6.07) is 3.44. The first-order chi connectivity index (χ1) is 8.55. The van der Waals surface area contributed by atoms with Crippen LogP contribution in [0.2, 0.25) is 0 Å². The van der Waals surface area contributed by atoms with Gasteiger partial charge in [0.25, 0.3) is 0 Å². The van der Waals surface area contributed by atoms with Crippen molar-refractivity contribution in [1.29, 1.82) is 0 Å². The third-order valence-corrected chi connectivity index (χ3v) is 3.85. The minimum atomic E-state index is -0.155. The van der Waals surface area contributed by atoms with E-state index in [1.807, 2.05) is 6.07 Å². The van der Waals surface area contributed by atoms with E-state index in [1.54, 1.807) is 6.20 Å². The van der Waals surface area contributed by atoms with Gasteiger partial charge in [0.15, 0.2) is 0 Å². The Morgan fingerprint density at radius 1 is 1.33 bits per heavy atom. The fourth-order valence-corrected chi connectivity index (χ4v) is 2.53. The molecule has 0 radical (unpaired) electrons. The van der Waals surface area contributed by atoms with Crippen molar-refractivity contribution in [2.45, 2.75) is 33.1 Å². The molecule has 0 spiro atoms. The Morgan fingerprint density at radius 3 is 2.89 bits per heavy atom. The summed E-state index contributed by atoms with van der Waals surface area (Å²) in [5.41, 5.74) is 2.97. The number of H-pyrrole nitrogens is 1. The highest BCUT2D eigenvalue weighted by Crippen LogP contribution is 2.39. The molecule has 1 aliphatic carbocycles. The van der Waals surface area contributed by atoms with Crippen molar-refractivity contribution in [3.05, 3.63) is 35.8 Å². The molecule has 0 atom stereocenters. The molecular formula is C15H17FN2. The minimum Gasteiger partial charge on any atom is -0.278 e. The van der Waals surface area contributed by atoms with Crippen molar-refractivity contribution in [2.75, 3.05) is 0 Å². The summed E-state index contributed by atoms with van der Waals surface area (Å²) < 4.78 is 14.1. The molecule has 18 heavy (non-hydrogen) atoms. The lowest BCUT2D eigenvalue weighted by atomic mass is 9.77. The predicted molar refractivity (Wildman–Crippen MR) is 71.7 cm³/mol. The Labute approximate surface area is 106 Å². The molecular weight excluding hydrogens is 227 g/mol. The number of allylic oxidation sites excluding steroid dienone is 2. The zero-order valence-corrected chi connectivity index (χ0v) is 10.8. The fraction of sp³-hybridized carbons (Fsp3) is 0.400. The molecule has 1 N–H and O–H groups in total. The number of aromatic amines is 1. The van der Waals surface area contributed by atoms with E-state index in [9.17, 15) is 4.39 Å². The third-order valence-electron chi connectivity index (χ3n) is 3.85. The molecule has 0 amide bonds. The molecule has 1 aliphatic rings. The molecule has 0 unspecified atom stereocenters. The van der Waals surface area contributed by atoms with Crippen LogP contribution in [0.4, 0.5) is 4.39 Å². The molecule has 1 aromatic heterocycles.